The molecule has 2 rings (SSSR count). The van der Waals surface area contributed by atoms with Crippen LogP contribution in [0.25, 0.3) is 10.9 Å². The average molecular weight is 252 g/mol. The number of aromatic nitrogens is 1. The largest absolute Gasteiger partial charge is 0.309 e. The lowest BCUT2D eigenvalue weighted by Crippen LogP contribution is -2.21. The van der Waals surface area contributed by atoms with Gasteiger partial charge in [-0.25, -0.2) is 0 Å². The summed E-state index contributed by atoms with van der Waals surface area (Å²) >= 11 is 0. The quantitative estimate of drug-likeness (QED) is 0.821. The zero-order valence-corrected chi connectivity index (χ0v) is 11.6. The molecule has 19 heavy (non-hydrogen) atoms. The van der Waals surface area contributed by atoms with Gasteiger partial charge < -0.3 is 5.32 Å². The Morgan fingerprint density at radius 2 is 2.21 bits per heavy atom. The summed E-state index contributed by atoms with van der Waals surface area (Å²) in [5.74, 6) is 6.15. The van der Waals surface area contributed by atoms with Crippen LogP contribution in [0, 0.1) is 11.8 Å². The molecule has 0 radical (unpaired) electrons. The van der Waals surface area contributed by atoms with Crippen molar-refractivity contribution in [3.05, 3.63) is 42.1 Å². The van der Waals surface area contributed by atoms with Crippen molar-refractivity contribution in [1.29, 1.82) is 0 Å². The molecular weight excluding hydrogens is 232 g/mol. The fourth-order valence-electron chi connectivity index (χ4n) is 2.14. The minimum Gasteiger partial charge on any atom is -0.309 e. The Morgan fingerprint density at radius 3 is 3.00 bits per heavy atom. The molecule has 0 spiro atoms. The molecule has 0 saturated heterocycles. The molecular formula is C17H20N2. The van der Waals surface area contributed by atoms with Crippen LogP contribution in [0.5, 0.6) is 0 Å². The second kappa shape index (κ2) is 6.92. The van der Waals surface area contributed by atoms with E-state index in [9.17, 15) is 0 Å². The van der Waals surface area contributed by atoms with Crippen molar-refractivity contribution < 1.29 is 0 Å². The van der Waals surface area contributed by atoms with Gasteiger partial charge in [0.25, 0.3) is 0 Å². The maximum absolute atomic E-state index is 4.36. The fourth-order valence-corrected chi connectivity index (χ4v) is 2.14. The van der Waals surface area contributed by atoms with Gasteiger partial charge in [-0.15, -0.1) is 11.8 Å². The number of fused-ring (bicyclic) bond motifs is 1. The van der Waals surface area contributed by atoms with Crippen molar-refractivity contribution >= 4 is 10.9 Å². The number of hydrogen-bond donors (Lipinski definition) is 1. The Bertz CT molecular complexity index is 593. The van der Waals surface area contributed by atoms with Crippen molar-refractivity contribution in [1.82, 2.24) is 10.3 Å². The van der Waals surface area contributed by atoms with E-state index in [1.807, 2.05) is 19.2 Å². The van der Waals surface area contributed by atoms with Gasteiger partial charge in [0.1, 0.15) is 0 Å². The lowest BCUT2D eigenvalue weighted by atomic mass is 10.0. The predicted octanol–water partition coefficient (Wildman–Crippen LogP) is 3.69. The molecule has 1 unspecified atom stereocenters. The first kappa shape index (κ1) is 13.6. The highest BCUT2D eigenvalue weighted by molar-refractivity contribution is 5.79. The van der Waals surface area contributed by atoms with Crippen LogP contribution < -0.4 is 5.32 Å². The number of benzene rings is 1. The predicted molar refractivity (Wildman–Crippen MR) is 80.8 cm³/mol. The van der Waals surface area contributed by atoms with E-state index in [1.165, 1.54) is 10.9 Å². The highest BCUT2D eigenvalue weighted by Gasteiger charge is 2.09. The minimum atomic E-state index is 0.303. The molecule has 0 amide bonds. The Labute approximate surface area is 115 Å². The number of nitrogens with one attached hydrogen (secondary N) is 1. The molecule has 1 heterocycles. The summed E-state index contributed by atoms with van der Waals surface area (Å²) in [5.41, 5.74) is 2.33. The fraction of sp³-hybridized carbons (Fsp3) is 0.353. The van der Waals surface area contributed by atoms with Crippen LogP contribution in [-0.4, -0.2) is 11.5 Å². The Hall–Kier alpha value is -1.85. The van der Waals surface area contributed by atoms with E-state index in [4.69, 9.17) is 0 Å². The lowest BCUT2D eigenvalue weighted by molar-refractivity contribution is 0.543. The van der Waals surface area contributed by atoms with Gasteiger partial charge in [0, 0.05) is 24.0 Å². The van der Waals surface area contributed by atoms with Crippen molar-refractivity contribution in [3.63, 3.8) is 0 Å². The van der Waals surface area contributed by atoms with E-state index in [0.29, 0.717) is 6.04 Å². The second-order valence-electron chi connectivity index (χ2n) is 4.59. The molecule has 2 heteroatoms. The van der Waals surface area contributed by atoms with Crippen LogP contribution in [0.2, 0.25) is 0 Å². The van der Waals surface area contributed by atoms with E-state index >= 15 is 0 Å². The van der Waals surface area contributed by atoms with Gasteiger partial charge in [0.2, 0.25) is 0 Å². The highest BCUT2D eigenvalue weighted by Crippen LogP contribution is 2.21. The zero-order chi connectivity index (χ0) is 13.5. The molecule has 0 aliphatic heterocycles. The van der Waals surface area contributed by atoms with E-state index in [0.717, 1.165) is 24.9 Å². The minimum absolute atomic E-state index is 0.303. The number of pyridine rings is 1. The van der Waals surface area contributed by atoms with E-state index < -0.39 is 0 Å². The third-order valence-corrected chi connectivity index (χ3v) is 3.15. The maximum atomic E-state index is 4.36. The molecule has 0 aliphatic carbocycles. The van der Waals surface area contributed by atoms with Crippen molar-refractivity contribution in [2.24, 2.45) is 0 Å². The smallest absolute Gasteiger partial charge is 0.0702 e. The zero-order valence-electron chi connectivity index (χ0n) is 11.6. The summed E-state index contributed by atoms with van der Waals surface area (Å²) < 4.78 is 0. The van der Waals surface area contributed by atoms with Gasteiger partial charge in [-0.3, -0.25) is 4.98 Å². The summed E-state index contributed by atoms with van der Waals surface area (Å²) in [6.45, 7) is 5.09. The van der Waals surface area contributed by atoms with Gasteiger partial charge in [0.05, 0.1) is 5.52 Å². The first-order valence-corrected chi connectivity index (χ1v) is 6.82. The normalized spacial score (nSPS) is 11.9. The number of rotatable bonds is 5. The van der Waals surface area contributed by atoms with Crippen molar-refractivity contribution in [3.8, 4) is 11.8 Å². The lowest BCUT2D eigenvalue weighted by Gasteiger charge is -2.17. The number of nitrogens with zero attached hydrogens (tertiary/aromatic N) is 1. The van der Waals surface area contributed by atoms with Gasteiger partial charge >= 0.3 is 0 Å². The molecule has 1 N–H and O–H groups in total. The van der Waals surface area contributed by atoms with Gasteiger partial charge in [-0.05, 0) is 43.7 Å². The first-order valence-electron chi connectivity index (χ1n) is 6.82. The molecule has 0 fully saturated rings. The van der Waals surface area contributed by atoms with Crippen LogP contribution in [0.4, 0.5) is 0 Å². The van der Waals surface area contributed by atoms with E-state index in [-0.39, 0.29) is 0 Å². The van der Waals surface area contributed by atoms with Crippen molar-refractivity contribution in [2.75, 3.05) is 6.54 Å². The Kier molecular flexibility index (Phi) is 4.94. The molecule has 1 aromatic heterocycles. The summed E-state index contributed by atoms with van der Waals surface area (Å²) in [5, 5.41) is 4.75. The molecule has 2 aromatic rings. The molecule has 0 saturated carbocycles. The van der Waals surface area contributed by atoms with Crippen LogP contribution in [-0.2, 0) is 0 Å². The second-order valence-corrected chi connectivity index (χ2v) is 4.59. The topological polar surface area (TPSA) is 24.9 Å². The van der Waals surface area contributed by atoms with Crippen molar-refractivity contribution in [2.45, 2.75) is 32.7 Å². The summed E-state index contributed by atoms with van der Waals surface area (Å²) in [6.07, 6.45) is 3.81. The third-order valence-electron chi connectivity index (χ3n) is 3.15. The molecule has 0 aliphatic rings. The van der Waals surface area contributed by atoms with Gasteiger partial charge in [0.15, 0.2) is 0 Å². The van der Waals surface area contributed by atoms with E-state index in [1.54, 1.807) is 0 Å². The monoisotopic (exact) mass is 252 g/mol. The highest BCUT2D eigenvalue weighted by atomic mass is 14.9. The first-order chi connectivity index (χ1) is 9.35. The van der Waals surface area contributed by atoms with Crippen LogP contribution >= 0.6 is 0 Å². The third kappa shape index (κ3) is 3.56. The molecule has 2 nitrogen and oxygen atoms in total. The Balaban J connectivity index is 2.28. The summed E-state index contributed by atoms with van der Waals surface area (Å²) in [6, 6.07) is 10.8. The van der Waals surface area contributed by atoms with Crippen LogP contribution in [0.15, 0.2) is 36.5 Å². The molecule has 0 bridgehead atoms. The SMILES string of the molecule is CC#CCC(NCCC)c1ccc2ncccc2c1. The molecule has 98 valence electrons. The Morgan fingerprint density at radius 1 is 1.32 bits per heavy atom. The molecule has 1 aromatic carbocycles. The van der Waals surface area contributed by atoms with E-state index in [2.05, 4.69) is 53.3 Å². The van der Waals surface area contributed by atoms with Gasteiger partial charge in [-0.2, -0.15) is 0 Å². The van der Waals surface area contributed by atoms with Gasteiger partial charge in [-0.1, -0.05) is 19.1 Å². The summed E-state index contributed by atoms with van der Waals surface area (Å²) in [4.78, 5) is 4.36. The average Bonchev–Trinajstić information content (AvgIpc) is 2.47. The number of hydrogen-bond acceptors (Lipinski definition) is 2. The standard InChI is InChI=1S/C17H20N2/c1-3-5-8-16(18-11-4-2)15-9-10-17-14(13-15)7-6-12-19-17/h6-7,9-10,12-13,16,18H,4,8,11H2,1-2H3. The van der Waals surface area contributed by atoms with Crippen LogP contribution in [0.1, 0.15) is 38.3 Å². The maximum Gasteiger partial charge on any atom is 0.0702 e. The molecule has 1 atom stereocenters. The summed E-state index contributed by atoms with van der Waals surface area (Å²) in [7, 11) is 0. The van der Waals surface area contributed by atoms with Crippen LogP contribution in [0.3, 0.4) is 0 Å².